The molecule has 0 radical (unpaired) electrons. The van der Waals surface area contributed by atoms with E-state index in [9.17, 15) is 4.79 Å². The monoisotopic (exact) mass is 273 g/mol. The van der Waals surface area contributed by atoms with Gasteiger partial charge >= 0.3 is 5.69 Å². The first kappa shape index (κ1) is 12.0. The summed E-state index contributed by atoms with van der Waals surface area (Å²) in [5, 5.41) is 10.1. The first-order chi connectivity index (χ1) is 9.67. The van der Waals surface area contributed by atoms with Gasteiger partial charge in [0.25, 0.3) is 0 Å². The topological polar surface area (TPSA) is 108 Å². The molecule has 0 saturated heterocycles. The van der Waals surface area contributed by atoms with Crippen LogP contribution in [-0.2, 0) is 0 Å². The van der Waals surface area contributed by atoms with Crippen molar-refractivity contribution in [1.82, 2.24) is 19.8 Å². The summed E-state index contributed by atoms with van der Waals surface area (Å²) in [6.45, 7) is 0. The molecule has 0 amide bonds. The van der Waals surface area contributed by atoms with E-state index in [1.54, 1.807) is 30.3 Å². The third-order valence-corrected chi connectivity index (χ3v) is 2.67. The molecule has 3 aromatic rings. The minimum atomic E-state index is -0.431. The largest absolute Gasteiger partial charge is 0.495 e. The number of H-pyrrole nitrogens is 1. The zero-order chi connectivity index (χ0) is 14.1. The maximum Gasteiger partial charge on any atom is 0.364 e. The molecule has 8 nitrogen and oxygen atoms in total. The fraction of sp³-hybridized carbons (Fsp3) is 0.0833. The Balaban J connectivity index is 1.94. The van der Waals surface area contributed by atoms with Gasteiger partial charge < -0.3 is 15.2 Å². The molecular formula is C12H11N5O3. The number of ether oxygens (including phenoxy) is 2. The number of anilines is 1. The average molecular weight is 273 g/mol. The Hall–Kier alpha value is -3.03. The highest BCUT2D eigenvalue weighted by Crippen LogP contribution is 2.28. The lowest BCUT2D eigenvalue weighted by molar-refractivity contribution is 0.414. The third-order valence-electron chi connectivity index (χ3n) is 2.67. The van der Waals surface area contributed by atoms with E-state index in [1.807, 2.05) is 0 Å². The van der Waals surface area contributed by atoms with Crippen molar-refractivity contribution in [2.24, 2.45) is 0 Å². The van der Waals surface area contributed by atoms with Crippen molar-refractivity contribution in [1.29, 1.82) is 0 Å². The summed E-state index contributed by atoms with van der Waals surface area (Å²) in [5.74, 6) is 1.31. The summed E-state index contributed by atoms with van der Waals surface area (Å²) in [7, 11) is 1.53. The van der Waals surface area contributed by atoms with Crippen molar-refractivity contribution < 1.29 is 9.47 Å². The van der Waals surface area contributed by atoms with Crippen LogP contribution in [0, 0.1) is 0 Å². The molecule has 0 bridgehead atoms. The Morgan fingerprint density at radius 2 is 2.15 bits per heavy atom. The van der Waals surface area contributed by atoms with Crippen LogP contribution in [0.25, 0.3) is 5.65 Å². The number of fused-ring (bicyclic) bond motifs is 1. The Morgan fingerprint density at radius 1 is 1.30 bits per heavy atom. The van der Waals surface area contributed by atoms with Gasteiger partial charge in [-0.25, -0.2) is 9.89 Å². The molecule has 0 fully saturated rings. The van der Waals surface area contributed by atoms with Crippen molar-refractivity contribution in [3.63, 3.8) is 0 Å². The summed E-state index contributed by atoms with van der Waals surface area (Å²) in [6, 6.07) is 8.22. The molecule has 3 N–H and O–H groups in total. The maximum absolute atomic E-state index is 11.4. The minimum Gasteiger partial charge on any atom is -0.495 e. The highest BCUT2D eigenvalue weighted by atomic mass is 16.5. The summed E-state index contributed by atoms with van der Waals surface area (Å²) in [5.41, 5.74) is 6.22. The van der Waals surface area contributed by atoms with Crippen molar-refractivity contribution in [3.8, 4) is 17.4 Å². The van der Waals surface area contributed by atoms with E-state index in [-0.39, 0.29) is 5.88 Å². The van der Waals surface area contributed by atoms with Gasteiger partial charge in [-0.15, -0.1) is 5.10 Å². The predicted octanol–water partition coefficient (Wildman–Crippen LogP) is 0.801. The standard InChI is InChI=1S/C12H11N5O3/c1-19-9-3-2-7(6-8(9)13)20-11-5-4-10-14-15-12(18)17(10)16-11/h2-6H,13H2,1H3,(H,15,18). The molecule has 0 saturated carbocycles. The molecule has 2 aromatic heterocycles. The first-order valence-corrected chi connectivity index (χ1v) is 5.73. The Kier molecular flexibility index (Phi) is 2.75. The van der Waals surface area contributed by atoms with Crippen LogP contribution in [0.4, 0.5) is 5.69 Å². The lowest BCUT2D eigenvalue weighted by Gasteiger charge is -2.08. The van der Waals surface area contributed by atoms with E-state index in [0.29, 0.717) is 22.8 Å². The Labute approximate surface area is 112 Å². The van der Waals surface area contributed by atoms with Crippen molar-refractivity contribution >= 4 is 11.3 Å². The number of nitrogens with two attached hydrogens (primary N) is 1. The molecule has 2 heterocycles. The highest BCUT2D eigenvalue weighted by Gasteiger charge is 2.06. The van der Waals surface area contributed by atoms with E-state index in [2.05, 4.69) is 15.3 Å². The molecule has 3 rings (SSSR count). The highest BCUT2D eigenvalue weighted by molar-refractivity contribution is 5.56. The van der Waals surface area contributed by atoms with E-state index >= 15 is 0 Å². The summed E-state index contributed by atoms with van der Waals surface area (Å²) in [4.78, 5) is 11.4. The average Bonchev–Trinajstić information content (AvgIpc) is 2.81. The fourth-order valence-corrected chi connectivity index (χ4v) is 1.74. The quantitative estimate of drug-likeness (QED) is 0.683. The van der Waals surface area contributed by atoms with Gasteiger partial charge in [0.15, 0.2) is 5.65 Å². The number of nitrogens with one attached hydrogen (secondary N) is 1. The third kappa shape index (κ3) is 2.03. The van der Waals surface area contributed by atoms with Gasteiger partial charge in [-0.1, -0.05) is 0 Å². The molecule has 102 valence electrons. The maximum atomic E-state index is 11.4. The van der Waals surface area contributed by atoms with E-state index in [4.69, 9.17) is 15.2 Å². The summed E-state index contributed by atoms with van der Waals surface area (Å²) < 4.78 is 11.7. The molecule has 0 aliphatic heterocycles. The number of methoxy groups -OCH3 is 1. The fourth-order valence-electron chi connectivity index (χ4n) is 1.74. The SMILES string of the molecule is COc1ccc(Oc2ccc3n[nH]c(=O)n3n2)cc1N. The molecule has 0 unspecified atom stereocenters. The second-order valence-electron chi connectivity index (χ2n) is 3.98. The van der Waals surface area contributed by atoms with Crippen molar-refractivity contribution in [3.05, 3.63) is 40.8 Å². The zero-order valence-corrected chi connectivity index (χ0v) is 10.5. The number of benzene rings is 1. The van der Waals surface area contributed by atoms with Crippen molar-refractivity contribution in [2.45, 2.75) is 0 Å². The van der Waals surface area contributed by atoms with Crippen LogP contribution >= 0.6 is 0 Å². The lowest BCUT2D eigenvalue weighted by Crippen LogP contribution is -2.12. The zero-order valence-electron chi connectivity index (χ0n) is 10.5. The van der Waals surface area contributed by atoms with E-state index in [1.165, 1.54) is 7.11 Å². The molecule has 20 heavy (non-hydrogen) atoms. The summed E-state index contributed by atoms with van der Waals surface area (Å²) >= 11 is 0. The molecule has 0 aliphatic carbocycles. The van der Waals surface area contributed by atoms with E-state index in [0.717, 1.165) is 4.52 Å². The van der Waals surface area contributed by atoms with Gasteiger partial charge in [0.1, 0.15) is 11.5 Å². The number of nitrogen functional groups attached to an aromatic ring is 1. The van der Waals surface area contributed by atoms with Crippen LogP contribution < -0.4 is 20.9 Å². The smallest absolute Gasteiger partial charge is 0.364 e. The predicted molar refractivity (Wildman–Crippen MR) is 71.1 cm³/mol. The van der Waals surface area contributed by atoms with Crippen LogP contribution in [0.5, 0.6) is 17.4 Å². The number of hydrogen-bond acceptors (Lipinski definition) is 6. The normalized spacial score (nSPS) is 10.7. The molecule has 1 aromatic carbocycles. The molecule has 0 atom stereocenters. The molecule has 0 aliphatic rings. The molecule has 0 spiro atoms. The van der Waals surface area contributed by atoms with Crippen LogP contribution in [-0.4, -0.2) is 26.9 Å². The van der Waals surface area contributed by atoms with E-state index < -0.39 is 5.69 Å². The van der Waals surface area contributed by atoms with Gasteiger partial charge in [0, 0.05) is 12.1 Å². The van der Waals surface area contributed by atoms with Gasteiger partial charge in [-0.05, 0) is 18.2 Å². The van der Waals surface area contributed by atoms with Gasteiger partial charge in [0.2, 0.25) is 5.88 Å². The molecular weight excluding hydrogens is 262 g/mol. The van der Waals surface area contributed by atoms with Crippen LogP contribution in [0.1, 0.15) is 0 Å². The van der Waals surface area contributed by atoms with Crippen LogP contribution in [0.15, 0.2) is 35.1 Å². The van der Waals surface area contributed by atoms with Gasteiger partial charge in [-0.3, -0.25) is 0 Å². The number of aromatic nitrogens is 4. The first-order valence-electron chi connectivity index (χ1n) is 5.73. The van der Waals surface area contributed by atoms with Crippen LogP contribution in [0.3, 0.4) is 0 Å². The number of aromatic amines is 1. The second kappa shape index (κ2) is 4.57. The lowest BCUT2D eigenvalue weighted by atomic mass is 10.3. The van der Waals surface area contributed by atoms with Crippen molar-refractivity contribution in [2.75, 3.05) is 12.8 Å². The summed E-state index contributed by atoms with van der Waals surface area (Å²) in [6.07, 6.45) is 0. The molecule has 8 heteroatoms. The Bertz CT molecular complexity index is 823. The second-order valence-corrected chi connectivity index (χ2v) is 3.98. The van der Waals surface area contributed by atoms with Gasteiger partial charge in [-0.2, -0.15) is 9.61 Å². The Morgan fingerprint density at radius 3 is 2.90 bits per heavy atom. The number of nitrogens with zero attached hydrogens (tertiary/aromatic N) is 3. The van der Waals surface area contributed by atoms with Gasteiger partial charge in [0.05, 0.1) is 12.8 Å². The van der Waals surface area contributed by atoms with Crippen LogP contribution in [0.2, 0.25) is 0 Å². The minimum absolute atomic E-state index is 0.255. The number of hydrogen-bond donors (Lipinski definition) is 2. The number of rotatable bonds is 3.